The number of nitrogens with one attached hydrogen (secondary N) is 2. The number of nitriles is 1. The van der Waals surface area contributed by atoms with E-state index in [0.29, 0.717) is 23.4 Å². The van der Waals surface area contributed by atoms with Gasteiger partial charge in [-0.2, -0.15) is 5.26 Å². The van der Waals surface area contributed by atoms with Crippen molar-refractivity contribution in [2.75, 3.05) is 0 Å². The fraction of sp³-hybridized carbons (Fsp3) is 0.318. The molecule has 1 unspecified atom stereocenters. The summed E-state index contributed by atoms with van der Waals surface area (Å²) in [5, 5.41) is 15.6. The van der Waals surface area contributed by atoms with Crippen LogP contribution in [0.15, 0.2) is 54.6 Å². The summed E-state index contributed by atoms with van der Waals surface area (Å²) < 4.78 is 0. The van der Waals surface area contributed by atoms with Crippen LogP contribution in [0.1, 0.15) is 54.1 Å². The van der Waals surface area contributed by atoms with E-state index in [-0.39, 0.29) is 18.2 Å². The molecule has 0 bridgehead atoms. The largest absolute Gasteiger partial charge is 0.345 e. The molecule has 2 aromatic carbocycles. The van der Waals surface area contributed by atoms with E-state index < -0.39 is 11.6 Å². The Hall–Kier alpha value is -2.84. The van der Waals surface area contributed by atoms with Gasteiger partial charge in [-0.25, -0.2) is 0 Å². The monoisotopic (exact) mass is 395 g/mol. The van der Waals surface area contributed by atoms with Crippen molar-refractivity contribution in [3.05, 3.63) is 70.7 Å². The SMILES string of the molecule is N#CC1(NC(=O)CC(NC(=O)c2ccccc2Cl)c2ccccc2)CCCC1. The van der Waals surface area contributed by atoms with Crippen LogP contribution >= 0.6 is 11.6 Å². The van der Waals surface area contributed by atoms with Crippen molar-refractivity contribution in [3.8, 4) is 6.07 Å². The van der Waals surface area contributed by atoms with Crippen LogP contribution < -0.4 is 10.6 Å². The molecular weight excluding hydrogens is 374 g/mol. The predicted molar refractivity (Wildman–Crippen MR) is 108 cm³/mol. The Morgan fingerprint density at radius 3 is 2.36 bits per heavy atom. The molecule has 2 N–H and O–H groups in total. The second-order valence-electron chi connectivity index (χ2n) is 7.07. The van der Waals surface area contributed by atoms with Gasteiger partial charge in [0.05, 0.1) is 29.1 Å². The Kier molecular flexibility index (Phi) is 6.33. The summed E-state index contributed by atoms with van der Waals surface area (Å²) in [6.07, 6.45) is 3.23. The van der Waals surface area contributed by atoms with E-state index in [2.05, 4.69) is 16.7 Å². The van der Waals surface area contributed by atoms with E-state index in [0.717, 1.165) is 18.4 Å². The average molecular weight is 396 g/mol. The minimum atomic E-state index is -0.787. The van der Waals surface area contributed by atoms with Gasteiger partial charge in [0, 0.05) is 0 Å². The molecule has 6 heteroatoms. The zero-order valence-electron chi connectivity index (χ0n) is 15.5. The third-order valence-corrected chi connectivity index (χ3v) is 5.39. The van der Waals surface area contributed by atoms with Gasteiger partial charge in [0.2, 0.25) is 5.91 Å². The highest BCUT2D eigenvalue weighted by atomic mass is 35.5. The van der Waals surface area contributed by atoms with Crippen molar-refractivity contribution < 1.29 is 9.59 Å². The minimum absolute atomic E-state index is 0.0453. The number of carbonyl (C=O) groups is 2. The number of halogens is 1. The molecule has 1 atom stereocenters. The molecule has 0 heterocycles. The smallest absolute Gasteiger partial charge is 0.253 e. The highest BCUT2D eigenvalue weighted by Gasteiger charge is 2.36. The molecule has 1 saturated carbocycles. The number of amides is 2. The zero-order chi connectivity index (χ0) is 20.0. The maximum absolute atomic E-state index is 12.7. The van der Waals surface area contributed by atoms with E-state index in [1.807, 2.05) is 30.3 Å². The Morgan fingerprint density at radius 2 is 1.71 bits per heavy atom. The lowest BCUT2D eigenvalue weighted by Crippen LogP contribution is -2.46. The Morgan fingerprint density at radius 1 is 1.07 bits per heavy atom. The lowest BCUT2D eigenvalue weighted by Gasteiger charge is -2.25. The molecule has 1 aliphatic carbocycles. The van der Waals surface area contributed by atoms with Crippen LogP contribution in [0, 0.1) is 11.3 Å². The quantitative estimate of drug-likeness (QED) is 0.770. The van der Waals surface area contributed by atoms with Crippen LogP contribution in [0.4, 0.5) is 0 Å². The van der Waals surface area contributed by atoms with Gasteiger partial charge in [-0.1, -0.05) is 54.1 Å². The average Bonchev–Trinajstić information content (AvgIpc) is 3.17. The number of hydrogen-bond acceptors (Lipinski definition) is 3. The zero-order valence-corrected chi connectivity index (χ0v) is 16.2. The van der Waals surface area contributed by atoms with Gasteiger partial charge in [-0.3, -0.25) is 9.59 Å². The number of benzene rings is 2. The molecule has 0 spiro atoms. The molecular formula is C22H22ClN3O2. The normalized spacial score (nSPS) is 16.0. The van der Waals surface area contributed by atoms with Crippen LogP contribution in [0.5, 0.6) is 0 Å². The summed E-state index contributed by atoms with van der Waals surface area (Å²) in [5.41, 5.74) is 0.385. The van der Waals surface area contributed by atoms with Gasteiger partial charge < -0.3 is 10.6 Å². The third kappa shape index (κ3) is 4.71. The van der Waals surface area contributed by atoms with Crippen LogP contribution in [0.2, 0.25) is 5.02 Å². The van der Waals surface area contributed by atoms with Crippen molar-refractivity contribution >= 4 is 23.4 Å². The molecule has 2 aromatic rings. The molecule has 0 aromatic heterocycles. The summed E-state index contributed by atoms with van der Waals surface area (Å²) in [6.45, 7) is 0. The van der Waals surface area contributed by atoms with Gasteiger partial charge in [0.15, 0.2) is 0 Å². The minimum Gasteiger partial charge on any atom is -0.345 e. The Bertz CT molecular complexity index is 886. The maximum atomic E-state index is 12.7. The summed E-state index contributed by atoms with van der Waals surface area (Å²) >= 11 is 6.13. The molecule has 0 aliphatic heterocycles. The van der Waals surface area contributed by atoms with Crippen LogP contribution in [-0.2, 0) is 4.79 Å². The molecule has 5 nitrogen and oxygen atoms in total. The van der Waals surface area contributed by atoms with Gasteiger partial charge in [0.25, 0.3) is 5.91 Å². The van der Waals surface area contributed by atoms with Gasteiger partial charge >= 0.3 is 0 Å². The van der Waals surface area contributed by atoms with Crippen LogP contribution in [0.25, 0.3) is 0 Å². The number of carbonyl (C=O) groups excluding carboxylic acids is 2. The first-order chi connectivity index (χ1) is 13.5. The highest BCUT2D eigenvalue weighted by molar-refractivity contribution is 6.33. The van der Waals surface area contributed by atoms with E-state index in [9.17, 15) is 14.9 Å². The maximum Gasteiger partial charge on any atom is 0.253 e. The van der Waals surface area contributed by atoms with Crippen molar-refractivity contribution in [1.82, 2.24) is 10.6 Å². The first-order valence-electron chi connectivity index (χ1n) is 9.36. The molecule has 144 valence electrons. The van der Waals surface area contributed by atoms with E-state index in [4.69, 9.17) is 11.6 Å². The topological polar surface area (TPSA) is 82.0 Å². The predicted octanol–water partition coefficient (Wildman–Crippen LogP) is 4.15. The van der Waals surface area contributed by atoms with Crippen LogP contribution in [0.3, 0.4) is 0 Å². The van der Waals surface area contributed by atoms with Gasteiger partial charge in [-0.15, -0.1) is 0 Å². The van der Waals surface area contributed by atoms with Gasteiger partial charge in [0.1, 0.15) is 5.54 Å². The second-order valence-corrected chi connectivity index (χ2v) is 7.48. The fourth-order valence-electron chi connectivity index (χ4n) is 3.57. The fourth-order valence-corrected chi connectivity index (χ4v) is 3.79. The number of rotatable bonds is 6. The van der Waals surface area contributed by atoms with E-state index in [1.165, 1.54) is 0 Å². The van der Waals surface area contributed by atoms with Crippen molar-refractivity contribution in [3.63, 3.8) is 0 Å². The molecule has 0 radical (unpaired) electrons. The highest BCUT2D eigenvalue weighted by Crippen LogP contribution is 2.29. The lowest BCUT2D eigenvalue weighted by atomic mass is 9.98. The molecule has 0 saturated heterocycles. The first kappa shape index (κ1) is 19.9. The Labute approximate surface area is 169 Å². The molecule has 2 amide bonds. The van der Waals surface area contributed by atoms with E-state index >= 15 is 0 Å². The standard InChI is InChI=1S/C22H22ClN3O2/c23-18-11-5-4-10-17(18)21(28)25-19(16-8-2-1-3-9-16)14-20(27)26-22(15-24)12-6-7-13-22/h1-5,8-11,19H,6-7,12-14H2,(H,25,28)(H,26,27). The lowest BCUT2D eigenvalue weighted by molar-refractivity contribution is -0.122. The first-order valence-corrected chi connectivity index (χ1v) is 9.73. The molecule has 1 fully saturated rings. The summed E-state index contributed by atoms with van der Waals surface area (Å²) in [6, 6.07) is 17.8. The van der Waals surface area contributed by atoms with Gasteiger partial charge in [-0.05, 0) is 43.4 Å². The van der Waals surface area contributed by atoms with Crippen molar-refractivity contribution in [2.45, 2.75) is 43.7 Å². The molecule has 1 aliphatic rings. The second kappa shape index (κ2) is 8.90. The van der Waals surface area contributed by atoms with E-state index in [1.54, 1.807) is 24.3 Å². The summed E-state index contributed by atoms with van der Waals surface area (Å²) in [4.78, 5) is 25.4. The number of hydrogen-bond donors (Lipinski definition) is 2. The Balaban J connectivity index is 1.76. The molecule has 28 heavy (non-hydrogen) atoms. The summed E-state index contributed by atoms with van der Waals surface area (Å²) in [7, 11) is 0. The molecule has 3 rings (SSSR count). The number of nitrogens with zero attached hydrogens (tertiary/aromatic N) is 1. The van der Waals surface area contributed by atoms with Crippen molar-refractivity contribution in [1.29, 1.82) is 5.26 Å². The summed E-state index contributed by atoms with van der Waals surface area (Å²) in [5.74, 6) is -0.597. The van der Waals surface area contributed by atoms with Crippen LogP contribution in [-0.4, -0.2) is 17.4 Å². The van der Waals surface area contributed by atoms with Crippen molar-refractivity contribution in [2.24, 2.45) is 0 Å². The third-order valence-electron chi connectivity index (χ3n) is 5.07.